The highest BCUT2D eigenvalue weighted by atomic mass is 32.2. The van der Waals surface area contributed by atoms with E-state index in [9.17, 15) is 4.79 Å². The van der Waals surface area contributed by atoms with Gasteiger partial charge in [-0.05, 0) is 37.2 Å². The van der Waals surface area contributed by atoms with Crippen LogP contribution in [-0.4, -0.2) is 41.9 Å². The van der Waals surface area contributed by atoms with Crippen molar-refractivity contribution in [3.63, 3.8) is 0 Å². The van der Waals surface area contributed by atoms with Crippen molar-refractivity contribution in [2.45, 2.75) is 25.3 Å². The Morgan fingerprint density at radius 1 is 1.69 bits per heavy atom. The van der Waals surface area contributed by atoms with E-state index in [1.54, 1.807) is 16.7 Å². The standard InChI is InChI=1S/C12H20N2OS/c1-3-7-14(9-10-4-5-10)12(15)11(13)6-8-16-2/h1,10-11H,4-9,13H2,2H3/t11-/m0/s1. The van der Waals surface area contributed by atoms with Crippen LogP contribution in [0.1, 0.15) is 19.3 Å². The van der Waals surface area contributed by atoms with E-state index in [4.69, 9.17) is 12.2 Å². The third-order valence-corrected chi connectivity index (χ3v) is 3.36. The van der Waals surface area contributed by atoms with Crippen LogP contribution in [-0.2, 0) is 4.79 Å². The molecular weight excluding hydrogens is 220 g/mol. The van der Waals surface area contributed by atoms with Crippen LogP contribution < -0.4 is 5.73 Å². The lowest BCUT2D eigenvalue weighted by Gasteiger charge is -2.23. The fourth-order valence-electron chi connectivity index (χ4n) is 1.56. The van der Waals surface area contributed by atoms with Gasteiger partial charge in [0.2, 0.25) is 5.91 Å². The minimum Gasteiger partial charge on any atom is -0.330 e. The first kappa shape index (κ1) is 13.4. The molecule has 1 saturated carbocycles. The Morgan fingerprint density at radius 2 is 2.38 bits per heavy atom. The van der Waals surface area contributed by atoms with Crippen molar-refractivity contribution in [3.8, 4) is 12.3 Å². The van der Waals surface area contributed by atoms with E-state index in [1.807, 2.05) is 6.26 Å². The lowest BCUT2D eigenvalue weighted by Crippen LogP contribution is -2.45. The maximum atomic E-state index is 12.0. The average Bonchev–Trinajstić information content (AvgIpc) is 3.08. The summed E-state index contributed by atoms with van der Waals surface area (Å²) in [6.07, 6.45) is 10.5. The van der Waals surface area contributed by atoms with Gasteiger partial charge in [0.15, 0.2) is 0 Å². The summed E-state index contributed by atoms with van der Waals surface area (Å²) in [5.41, 5.74) is 5.86. The van der Waals surface area contributed by atoms with Crippen LogP contribution in [0.15, 0.2) is 0 Å². The van der Waals surface area contributed by atoms with E-state index < -0.39 is 0 Å². The molecule has 1 aliphatic carbocycles. The molecule has 4 heteroatoms. The summed E-state index contributed by atoms with van der Waals surface area (Å²) in [5.74, 6) is 4.12. The van der Waals surface area contributed by atoms with Gasteiger partial charge in [-0.3, -0.25) is 4.79 Å². The van der Waals surface area contributed by atoms with Crippen LogP contribution in [0.25, 0.3) is 0 Å². The largest absolute Gasteiger partial charge is 0.330 e. The molecule has 1 amide bonds. The summed E-state index contributed by atoms with van der Waals surface area (Å²) in [6.45, 7) is 1.18. The molecule has 0 radical (unpaired) electrons. The van der Waals surface area contributed by atoms with Crippen LogP contribution >= 0.6 is 11.8 Å². The third-order valence-electron chi connectivity index (χ3n) is 2.72. The number of thioether (sulfide) groups is 1. The van der Waals surface area contributed by atoms with E-state index in [-0.39, 0.29) is 11.9 Å². The van der Waals surface area contributed by atoms with Gasteiger partial charge in [-0.2, -0.15) is 11.8 Å². The van der Waals surface area contributed by atoms with Crippen molar-refractivity contribution in [3.05, 3.63) is 0 Å². The number of amides is 1. The summed E-state index contributed by atoms with van der Waals surface area (Å²) < 4.78 is 0. The van der Waals surface area contributed by atoms with Gasteiger partial charge in [-0.1, -0.05) is 5.92 Å². The van der Waals surface area contributed by atoms with E-state index in [1.165, 1.54) is 12.8 Å². The molecule has 0 unspecified atom stereocenters. The Labute approximate surface area is 102 Å². The number of nitrogens with two attached hydrogens (primary N) is 1. The van der Waals surface area contributed by atoms with Crippen molar-refractivity contribution in [1.82, 2.24) is 4.90 Å². The second-order valence-corrected chi connectivity index (χ2v) is 5.24. The molecule has 0 aromatic carbocycles. The Morgan fingerprint density at radius 3 is 2.88 bits per heavy atom. The molecule has 1 rings (SSSR count). The zero-order valence-corrected chi connectivity index (χ0v) is 10.6. The highest BCUT2D eigenvalue weighted by Crippen LogP contribution is 2.29. The van der Waals surface area contributed by atoms with Gasteiger partial charge in [0.25, 0.3) is 0 Å². The van der Waals surface area contributed by atoms with Crippen molar-refractivity contribution in [1.29, 1.82) is 0 Å². The van der Waals surface area contributed by atoms with Gasteiger partial charge in [-0.25, -0.2) is 0 Å². The maximum Gasteiger partial charge on any atom is 0.240 e. The molecule has 0 heterocycles. The van der Waals surface area contributed by atoms with Crippen LogP contribution in [0, 0.1) is 18.3 Å². The maximum absolute atomic E-state index is 12.0. The van der Waals surface area contributed by atoms with Gasteiger partial charge in [-0.15, -0.1) is 6.42 Å². The molecule has 0 aromatic rings. The average molecular weight is 240 g/mol. The quantitative estimate of drug-likeness (QED) is 0.674. The first-order valence-corrected chi connectivity index (χ1v) is 7.05. The van der Waals surface area contributed by atoms with E-state index in [0.29, 0.717) is 12.5 Å². The van der Waals surface area contributed by atoms with Gasteiger partial charge in [0, 0.05) is 6.54 Å². The van der Waals surface area contributed by atoms with Crippen LogP contribution in [0.3, 0.4) is 0 Å². The van der Waals surface area contributed by atoms with Crippen LogP contribution in [0.5, 0.6) is 0 Å². The Bertz CT molecular complexity index is 271. The third kappa shape index (κ3) is 4.46. The van der Waals surface area contributed by atoms with Gasteiger partial charge >= 0.3 is 0 Å². The number of carbonyl (C=O) groups is 1. The van der Waals surface area contributed by atoms with Crippen LogP contribution in [0.4, 0.5) is 0 Å². The van der Waals surface area contributed by atoms with E-state index in [0.717, 1.165) is 18.7 Å². The monoisotopic (exact) mass is 240 g/mol. The van der Waals surface area contributed by atoms with Crippen LogP contribution in [0.2, 0.25) is 0 Å². The fraction of sp³-hybridized carbons (Fsp3) is 0.750. The topological polar surface area (TPSA) is 46.3 Å². The Balaban J connectivity index is 2.41. The fourth-order valence-corrected chi connectivity index (χ4v) is 2.05. The highest BCUT2D eigenvalue weighted by molar-refractivity contribution is 7.98. The van der Waals surface area contributed by atoms with E-state index in [2.05, 4.69) is 5.92 Å². The molecule has 0 aliphatic heterocycles. The highest BCUT2D eigenvalue weighted by Gasteiger charge is 2.28. The molecule has 1 aliphatic rings. The summed E-state index contributed by atoms with van der Waals surface area (Å²) in [4.78, 5) is 13.7. The number of terminal acetylenes is 1. The molecule has 90 valence electrons. The predicted octanol–water partition coefficient (Wildman–Crippen LogP) is 0.939. The smallest absolute Gasteiger partial charge is 0.240 e. The lowest BCUT2D eigenvalue weighted by molar-refractivity contribution is -0.132. The van der Waals surface area contributed by atoms with E-state index >= 15 is 0 Å². The minimum atomic E-state index is -0.389. The zero-order chi connectivity index (χ0) is 12.0. The first-order valence-electron chi connectivity index (χ1n) is 5.65. The summed E-state index contributed by atoms with van der Waals surface area (Å²) in [6, 6.07) is -0.389. The number of carbonyl (C=O) groups excluding carboxylic acids is 1. The molecule has 16 heavy (non-hydrogen) atoms. The molecule has 1 fully saturated rings. The number of rotatable bonds is 7. The zero-order valence-electron chi connectivity index (χ0n) is 9.82. The van der Waals surface area contributed by atoms with Gasteiger partial charge in [0.1, 0.15) is 0 Å². The minimum absolute atomic E-state index is 0.0129. The van der Waals surface area contributed by atoms with Crippen molar-refractivity contribution in [2.75, 3.05) is 25.1 Å². The molecule has 0 aromatic heterocycles. The molecule has 0 saturated heterocycles. The lowest BCUT2D eigenvalue weighted by atomic mass is 10.2. The summed E-state index contributed by atoms with van der Waals surface area (Å²) >= 11 is 1.71. The molecule has 2 N–H and O–H groups in total. The SMILES string of the molecule is C#CCN(CC1CC1)C(=O)[C@@H](N)CCSC. The van der Waals surface area contributed by atoms with Crippen molar-refractivity contribution in [2.24, 2.45) is 11.7 Å². The normalized spacial score (nSPS) is 16.6. The molecule has 0 bridgehead atoms. The summed E-state index contributed by atoms with van der Waals surface area (Å²) in [7, 11) is 0. The van der Waals surface area contributed by atoms with Gasteiger partial charge < -0.3 is 10.6 Å². The number of hydrogen-bond acceptors (Lipinski definition) is 3. The molecule has 0 spiro atoms. The molecule has 1 atom stereocenters. The van der Waals surface area contributed by atoms with Crippen molar-refractivity contribution >= 4 is 17.7 Å². The number of hydrogen-bond donors (Lipinski definition) is 1. The second kappa shape index (κ2) is 6.82. The van der Waals surface area contributed by atoms with Crippen molar-refractivity contribution < 1.29 is 4.79 Å². The first-order chi connectivity index (χ1) is 7.69. The van der Waals surface area contributed by atoms with Gasteiger partial charge in [0.05, 0.1) is 12.6 Å². The second-order valence-electron chi connectivity index (χ2n) is 4.25. The predicted molar refractivity (Wildman–Crippen MR) is 69.1 cm³/mol. The summed E-state index contributed by atoms with van der Waals surface area (Å²) in [5, 5.41) is 0. The Kier molecular flexibility index (Phi) is 5.72. The molecular formula is C12H20N2OS. The Hall–Kier alpha value is -0.660. The molecule has 3 nitrogen and oxygen atoms in total. The number of nitrogens with zero attached hydrogens (tertiary/aromatic N) is 1.